The average molecular weight is 353 g/mol. The fraction of sp³-hybridized carbons (Fsp3) is 0.300. The summed E-state index contributed by atoms with van der Waals surface area (Å²) in [6.07, 6.45) is 0. The molecule has 0 aromatic heterocycles. The Balaban J connectivity index is 1.75. The van der Waals surface area contributed by atoms with Crippen molar-refractivity contribution in [3.63, 3.8) is 0 Å². The SMILES string of the molecule is COc1cccc([C@]2(C)NC(=O)N(CN(C)Cc3ccccc3)C2=O)c1. The molecule has 0 aliphatic carbocycles. The third-order valence-corrected chi connectivity index (χ3v) is 4.60. The predicted molar refractivity (Wildman–Crippen MR) is 98.5 cm³/mol. The second kappa shape index (κ2) is 7.17. The zero-order valence-corrected chi connectivity index (χ0v) is 15.2. The number of rotatable bonds is 6. The van der Waals surface area contributed by atoms with Crippen LogP contribution in [0.1, 0.15) is 18.1 Å². The highest BCUT2D eigenvalue weighted by Crippen LogP contribution is 2.30. The first kappa shape index (κ1) is 17.9. The molecule has 1 heterocycles. The molecule has 2 aromatic carbocycles. The molecule has 0 unspecified atom stereocenters. The van der Waals surface area contributed by atoms with Crippen LogP contribution in [0.25, 0.3) is 0 Å². The lowest BCUT2D eigenvalue weighted by molar-refractivity contribution is -0.132. The van der Waals surface area contributed by atoms with Gasteiger partial charge >= 0.3 is 6.03 Å². The minimum absolute atomic E-state index is 0.221. The number of urea groups is 1. The predicted octanol–water partition coefficient (Wildman–Crippen LogP) is 2.55. The van der Waals surface area contributed by atoms with Gasteiger partial charge in [-0.2, -0.15) is 0 Å². The van der Waals surface area contributed by atoms with Gasteiger partial charge in [0.1, 0.15) is 11.3 Å². The number of hydrogen-bond acceptors (Lipinski definition) is 4. The van der Waals surface area contributed by atoms with E-state index in [0.717, 1.165) is 5.56 Å². The largest absolute Gasteiger partial charge is 0.497 e. The van der Waals surface area contributed by atoms with Crippen molar-refractivity contribution in [2.45, 2.75) is 19.0 Å². The molecule has 1 aliphatic heterocycles. The quantitative estimate of drug-likeness (QED) is 0.811. The first-order valence-electron chi connectivity index (χ1n) is 8.45. The van der Waals surface area contributed by atoms with Crippen LogP contribution in [-0.4, -0.2) is 42.6 Å². The number of amides is 3. The normalized spacial score (nSPS) is 19.8. The van der Waals surface area contributed by atoms with Gasteiger partial charge in [-0.25, -0.2) is 9.69 Å². The molecule has 26 heavy (non-hydrogen) atoms. The number of ether oxygens (including phenoxy) is 1. The van der Waals surface area contributed by atoms with Crippen LogP contribution in [0, 0.1) is 0 Å². The molecule has 2 aromatic rings. The van der Waals surface area contributed by atoms with E-state index < -0.39 is 5.54 Å². The van der Waals surface area contributed by atoms with Gasteiger partial charge in [0.2, 0.25) is 0 Å². The fourth-order valence-electron chi connectivity index (χ4n) is 3.14. The molecule has 0 spiro atoms. The van der Waals surface area contributed by atoms with Crippen LogP contribution in [0.3, 0.4) is 0 Å². The lowest BCUT2D eigenvalue weighted by Gasteiger charge is -2.25. The Labute approximate surface area is 153 Å². The number of carbonyl (C=O) groups excluding carboxylic acids is 2. The summed E-state index contributed by atoms with van der Waals surface area (Å²) in [7, 11) is 3.45. The third kappa shape index (κ3) is 3.41. The van der Waals surface area contributed by atoms with Gasteiger partial charge in [0.15, 0.2) is 0 Å². The lowest BCUT2D eigenvalue weighted by atomic mass is 9.92. The van der Waals surface area contributed by atoms with E-state index >= 15 is 0 Å². The van der Waals surface area contributed by atoms with Gasteiger partial charge in [-0.3, -0.25) is 9.69 Å². The Morgan fingerprint density at radius 2 is 1.85 bits per heavy atom. The van der Waals surface area contributed by atoms with Gasteiger partial charge in [-0.15, -0.1) is 0 Å². The smallest absolute Gasteiger partial charge is 0.326 e. The van der Waals surface area contributed by atoms with Crippen molar-refractivity contribution in [2.24, 2.45) is 0 Å². The summed E-state index contributed by atoms with van der Waals surface area (Å²) in [6.45, 7) is 2.59. The topological polar surface area (TPSA) is 61.9 Å². The van der Waals surface area contributed by atoms with E-state index in [2.05, 4.69) is 5.32 Å². The number of carbonyl (C=O) groups is 2. The van der Waals surface area contributed by atoms with Crippen LogP contribution in [-0.2, 0) is 16.9 Å². The van der Waals surface area contributed by atoms with Gasteiger partial charge in [0.05, 0.1) is 13.8 Å². The molecular formula is C20H23N3O3. The first-order chi connectivity index (χ1) is 12.4. The van der Waals surface area contributed by atoms with Crippen LogP contribution < -0.4 is 10.1 Å². The van der Waals surface area contributed by atoms with Gasteiger partial charge < -0.3 is 10.1 Å². The molecule has 6 nitrogen and oxygen atoms in total. The van der Waals surface area contributed by atoms with E-state index in [4.69, 9.17) is 4.74 Å². The number of nitrogens with zero attached hydrogens (tertiary/aromatic N) is 2. The van der Waals surface area contributed by atoms with E-state index in [1.807, 2.05) is 54.4 Å². The standard InChI is InChI=1S/C20H23N3O3/c1-20(16-10-7-11-17(12-16)26-3)18(24)23(19(25)21-20)14-22(2)13-15-8-5-4-6-9-15/h4-12H,13-14H2,1-3H3,(H,21,25)/t20-/m0/s1. The van der Waals surface area contributed by atoms with E-state index in [0.29, 0.717) is 17.9 Å². The van der Waals surface area contributed by atoms with E-state index in [1.165, 1.54) is 4.90 Å². The van der Waals surface area contributed by atoms with Crippen LogP contribution in [0.5, 0.6) is 5.75 Å². The molecule has 1 fully saturated rings. The maximum absolute atomic E-state index is 13.0. The van der Waals surface area contributed by atoms with Crippen molar-refractivity contribution in [1.29, 1.82) is 0 Å². The first-order valence-corrected chi connectivity index (χ1v) is 8.45. The highest BCUT2D eigenvalue weighted by molar-refractivity contribution is 6.07. The Kier molecular flexibility index (Phi) is 4.95. The Bertz CT molecular complexity index is 809. The van der Waals surface area contributed by atoms with Crippen LogP contribution in [0.4, 0.5) is 4.79 Å². The van der Waals surface area contributed by atoms with Gasteiger partial charge in [0, 0.05) is 6.54 Å². The summed E-state index contributed by atoms with van der Waals surface area (Å²) >= 11 is 0. The summed E-state index contributed by atoms with van der Waals surface area (Å²) in [5, 5.41) is 2.82. The number of hydrogen-bond donors (Lipinski definition) is 1. The number of benzene rings is 2. The molecule has 1 atom stereocenters. The van der Waals surface area contributed by atoms with Crippen molar-refractivity contribution in [3.05, 3.63) is 65.7 Å². The van der Waals surface area contributed by atoms with E-state index in [-0.39, 0.29) is 18.6 Å². The van der Waals surface area contributed by atoms with Crippen molar-refractivity contribution in [3.8, 4) is 5.75 Å². The van der Waals surface area contributed by atoms with Gasteiger partial charge in [-0.05, 0) is 37.2 Å². The average Bonchev–Trinajstić information content (AvgIpc) is 2.87. The summed E-state index contributed by atoms with van der Waals surface area (Å²) in [6, 6.07) is 16.7. The summed E-state index contributed by atoms with van der Waals surface area (Å²) in [5.41, 5.74) is 0.722. The molecule has 3 rings (SSSR count). The maximum atomic E-state index is 13.0. The van der Waals surface area contributed by atoms with Gasteiger partial charge in [0.25, 0.3) is 5.91 Å². The molecule has 6 heteroatoms. The summed E-state index contributed by atoms with van der Waals surface area (Å²) in [4.78, 5) is 28.6. The minimum atomic E-state index is -1.10. The Hall–Kier alpha value is -2.86. The molecule has 1 saturated heterocycles. The maximum Gasteiger partial charge on any atom is 0.326 e. The summed E-state index contributed by atoms with van der Waals surface area (Å²) in [5.74, 6) is 0.376. The lowest BCUT2D eigenvalue weighted by Crippen LogP contribution is -2.42. The van der Waals surface area contributed by atoms with Gasteiger partial charge in [-0.1, -0.05) is 42.5 Å². The van der Waals surface area contributed by atoms with Crippen molar-refractivity contribution in [2.75, 3.05) is 20.8 Å². The molecule has 3 amide bonds. The zero-order valence-electron chi connectivity index (χ0n) is 15.2. The van der Waals surface area contributed by atoms with Crippen LogP contribution in [0.2, 0.25) is 0 Å². The number of methoxy groups -OCH3 is 1. The molecule has 0 radical (unpaired) electrons. The molecule has 1 N–H and O–H groups in total. The van der Waals surface area contributed by atoms with Crippen molar-refractivity contribution < 1.29 is 14.3 Å². The van der Waals surface area contributed by atoms with E-state index in [9.17, 15) is 9.59 Å². The summed E-state index contributed by atoms with van der Waals surface area (Å²) < 4.78 is 5.23. The molecule has 1 aliphatic rings. The van der Waals surface area contributed by atoms with Crippen LogP contribution >= 0.6 is 0 Å². The van der Waals surface area contributed by atoms with Crippen molar-refractivity contribution in [1.82, 2.24) is 15.1 Å². The van der Waals surface area contributed by atoms with Crippen LogP contribution in [0.15, 0.2) is 54.6 Å². The second-order valence-electron chi connectivity index (χ2n) is 6.66. The molecule has 0 bridgehead atoms. The monoisotopic (exact) mass is 353 g/mol. The highest BCUT2D eigenvalue weighted by atomic mass is 16.5. The van der Waals surface area contributed by atoms with E-state index in [1.54, 1.807) is 26.2 Å². The molecular weight excluding hydrogens is 330 g/mol. The minimum Gasteiger partial charge on any atom is -0.497 e. The third-order valence-electron chi connectivity index (χ3n) is 4.60. The fourth-order valence-corrected chi connectivity index (χ4v) is 3.14. The Morgan fingerprint density at radius 1 is 1.12 bits per heavy atom. The van der Waals surface area contributed by atoms with Crippen molar-refractivity contribution >= 4 is 11.9 Å². The zero-order chi connectivity index (χ0) is 18.7. The highest BCUT2D eigenvalue weighted by Gasteiger charge is 2.49. The number of nitrogens with one attached hydrogen (secondary N) is 1. The Morgan fingerprint density at radius 3 is 2.54 bits per heavy atom. The number of imide groups is 1. The molecule has 0 saturated carbocycles. The second-order valence-corrected chi connectivity index (χ2v) is 6.66. The molecule has 136 valence electrons.